The van der Waals surface area contributed by atoms with Gasteiger partial charge in [0.15, 0.2) is 0 Å². The fourth-order valence-electron chi connectivity index (χ4n) is 4.78. The molecule has 9 nitrogen and oxygen atoms in total. The number of nitrogen functional groups attached to an aromatic ring is 1. The fraction of sp³-hybridized carbons (Fsp3) is 0.0938. The minimum absolute atomic E-state index is 0.0565. The van der Waals surface area contributed by atoms with E-state index < -0.39 is 11.9 Å². The number of aromatic nitrogens is 4. The zero-order chi connectivity index (χ0) is 28.5. The Morgan fingerprint density at radius 1 is 1.02 bits per heavy atom. The van der Waals surface area contributed by atoms with Gasteiger partial charge in [0.1, 0.15) is 22.7 Å². The van der Waals surface area contributed by atoms with Crippen LogP contribution in [0.4, 0.5) is 5.82 Å². The third-order valence-corrected chi connectivity index (χ3v) is 6.70. The first kappa shape index (κ1) is 25.5. The standard InChI is InChI=1S/C32H24N6O3/c1-19(37-32(40)27-28-23(11-7-15-34-28)17-35-31(27)33)30-26(21-8-4-3-5-9-21)29(39)25-22(10-6-12-24(25)41-30)14-13-20-16-36-38(2)18-20/h3-12,15-19H,1-2H3,(H2,33,35)(H,37,40)/t19-/m1/s1. The Kier molecular flexibility index (Phi) is 6.49. The van der Waals surface area contributed by atoms with Crippen molar-refractivity contribution in [2.75, 3.05) is 5.73 Å². The number of carbonyl (C=O) groups is 1. The summed E-state index contributed by atoms with van der Waals surface area (Å²) in [6, 6.07) is 17.3. The normalized spacial score (nSPS) is 11.7. The lowest BCUT2D eigenvalue weighted by Gasteiger charge is -2.18. The number of nitrogens with two attached hydrogens (primary N) is 1. The van der Waals surface area contributed by atoms with Gasteiger partial charge in [0.25, 0.3) is 5.91 Å². The lowest BCUT2D eigenvalue weighted by molar-refractivity contribution is 0.0937. The highest BCUT2D eigenvalue weighted by Gasteiger charge is 2.25. The number of nitrogens with one attached hydrogen (secondary N) is 1. The van der Waals surface area contributed by atoms with Crippen molar-refractivity contribution in [3.8, 4) is 23.0 Å². The second kappa shape index (κ2) is 10.4. The van der Waals surface area contributed by atoms with Crippen LogP contribution in [0.1, 0.15) is 40.2 Å². The SMILES string of the molecule is C[C@@H](NC(=O)c1c(N)ncc2cccnc12)c1oc2cccc(C#Cc3cnn(C)c3)c2c(=O)c1-c1ccccc1. The van der Waals surface area contributed by atoms with Gasteiger partial charge in [0, 0.05) is 36.6 Å². The molecule has 3 N–H and O–H groups in total. The molecule has 0 bridgehead atoms. The highest BCUT2D eigenvalue weighted by atomic mass is 16.3. The summed E-state index contributed by atoms with van der Waals surface area (Å²) in [5, 5.41) is 8.13. The number of rotatable bonds is 4. The smallest absolute Gasteiger partial charge is 0.257 e. The fourth-order valence-corrected chi connectivity index (χ4v) is 4.78. The van der Waals surface area contributed by atoms with Gasteiger partial charge in [-0.05, 0) is 36.8 Å². The Balaban J connectivity index is 1.48. The summed E-state index contributed by atoms with van der Waals surface area (Å²) in [6.45, 7) is 1.75. The van der Waals surface area contributed by atoms with E-state index in [1.807, 2.05) is 37.4 Å². The van der Waals surface area contributed by atoms with E-state index in [9.17, 15) is 9.59 Å². The highest BCUT2D eigenvalue weighted by Crippen LogP contribution is 2.31. The molecule has 41 heavy (non-hydrogen) atoms. The van der Waals surface area contributed by atoms with E-state index in [2.05, 4.69) is 32.2 Å². The molecule has 0 aliphatic rings. The molecule has 2 aromatic carbocycles. The van der Waals surface area contributed by atoms with Gasteiger partial charge >= 0.3 is 0 Å². The monoisotopic (exact) mass is 540 g/mol. The predicted octanol–water partition coefficient (Wildman–Crippen LogP) is 4.61. The quantitative estimate of drug-likeness (QED) is 0.313. The van der Waals surface area contributed by atoms with Gasteiger partial charge in [0.05, 0.1) is 34.3 Å². The first-order valence-corrected chi connectivity index (χ1v) is 12.9. The summed E-state index contributed by atoms with van der Waals surface area (Å²) in [4.78, 5) is 36.2. The van der Waals surface area contributed by atoms with Crippen molar-refractivity contribution >= 4 is 33.6 Å². The van der Waals surface area contributed by atoms with E-state index >= 15 is 0 Å². The van der Waals surface area contributed by atoms with Crippen LogP contribution in [-0.2, 0) is 7.05 Å². The molecule has 9 heteroatoms. The molecule has 4 heterocycles. The third kappa shape index (κ3) is 4.79. The summed E-state index contributed by atoms with van der Waals surface area (Å²) in [7, 11) is 1.81. The average molecular weight is 541 g/mol. The van der Waals surface area contributed by atoms with Gasteiger partial charge < -0.3 is 15.5 Å². The van der Waals surface area contributed by atoms with Crippen molar-refractivity contribution in [3.63, 3.8) is 0 Å². The van der Waals surface area contributed by atoms with E-state index in [1.54, 1.807) is 66.7 Å². The molecule has 1 amide bonds. The van der Waals surface area contributed by atoms with E-state index in [-0.39, 0.29) is 16.8 Å². The molecule has 200 valence electrons. The molecule has 0 spiro atoms. The molecule has 0 aliphatic carbocycles. The van der Waals surface area contributed by atoms with Crippen molar-refractivity contribution in [2.45, 2.75) is 13.0 Å². The number of anilines is 1. The van der Waals surface area contributed by atoms with Crippen molar-refractivity contribution in [1.29, 1.82) is 0 Å². The summed E-state index contributed by atoms with van der Waals surface area (Å²) >= 11 is 0. The van der Waals surface area contributed by atoms with Crippen LogP contribution in [0.2, 0.25) is 0 Å². The Bertz CT molecular complexity index is 2070. The molecule has 0 unspecified atom stereocenters. The largest absolute Gasteiger partial charge is 0.458 e. The third-order valence-electron chi connectivity index (χ3n) is 6.70. The topological polar surface area (TPSA) is 129 Å². The predicted molar refractivity (Wildman–Crippen MR) is 157 cm³/mol. The number of amides is 1. The molecule has 0 saturated heterocycles. The second-order valence-corrected chi connectivity index (χ2v) is 9.52. The molecule has 0 saturated carbocycles. The number of aryl methyl sites for hydroxylation is 1. The molecule has 0 aliphatic heterocycles. The summed E-state index contributed by atoms with van der Waals surface area (Å²) in [5.41, 5.74) is 9.05. The number of benzene rings is 2. The minimum Gasteiger partial charge on any atom is -0.458 e. The van der Waals surface area contributed by atoms with Gasteiger partial charge in [-0.15, -0.1) is 0 Å². The molecule has 4 aromatic heterocycles. The molecule has 1 atom stereocenters. The number of hydrogen-bond acceptors (Lipinski definition) is 7. The van der Waals surface area contributed by atoms with Crippen molar-refractivity contribution < 1.29 is 9.21 Å². The Morgan fingerprint density at radius 3 is 2.63 bits per heavy atom. The number of pyridine rings is 2. The lowest BCUT2D eigenvalue weighted by Crippen LogP contribution is -2.29. The van der Waals surface area contributed by atoms with Gasteiger partial charge in [-0.2, -0.15) is 5.10 Å². The minimum atomic E-state index is -0.710. The van der Waals surface area contributed by atoms with E-state index in [1.165, 1.54) is 0 Å². The van der Waals surface area contributed by atoms with Crippen LogP contribution < -0.4 is 16.5 Å². The lowest BCUT2D eigenvalue weighted by atomic mass is 9.97. The Hall–Kier alpha value is -5.75. The van der Waals surface area contributed by atoms with Crippen LogP contribution in [0.3, 0.4) is 0 Å². The Labute approximate surface area is 234 Å². The van der Waals surface area contributed by atoms with Gasteiger partial charge in [-0.1, -0.05) is 48.2 Å². The molecule has 0 fully saturated rings. The number of fused-ring (bicyclic) bond motifs is 2. The van der Waals surface area contributed by atoms with Gasteiger partial charge in [-0.25, -0.2) is 4.98 Å². The van der Waals surface area contributed by atoms with Crippen LogP contribution in [0.15, 0.2) is 94.7 Å². The molecule has 6 aromatic rings. The maximum atomic E-state index is 14.2. The molecular weight excluding hydrogens is 516 g/mol. The first-order valence-electron chi connectivity index (χ1n) is 12.9. The van der Waals surface area contributed by atoms with Crippen molar-refractivity contribution in [2.24, 2.45) is 7.05 Å². The van der Waals surface area contributed by atoms with Gasteiger partial charge in [0.2, 0.25) is 5.43 Å². The van der Waals surface area contributed by atoms with Gasteiger partial charge in [-0.3, -0.25) is 19.3 Å². The highest BCUT2D eigenvalue weighted by molar-refractivity contribution is 6.09. The van der Waals surface area contributed by atoms with Crippen LogP contribution in [0.25, 0.3) is 33.0 Å². The van der Waals surface area contributed by atoms with Crippen LogP contribution in [0.5, 0.6) is 0 Å². The van der Waals surface area contributed by atoms with Crippen molar-refractivity contribution in [3.05, 3.63) is 118 Å². The zero-order valence-electron chi connectivity index (χ0n) is 22.3. The first-order chi connectivity index (χ1) is 19.9. The van der Waals surface area contributed by atoms with Crippen LogP contribution in [-0.4, -0.2) is 25.7 Å². The number of carbonyl (C=O) groups excluding carboxylic acids is 1. The second-order valence-electron chi connectivity index (χ2n) is 9.52. The summed E-state index contributed by atoms with van der Waals surface area (Å²) in [5.74, 6) is 6.05. The Morgan fingerprint density at radius 2 is 1.85 bits per heavy atom. The van der Waals surface area contributed by atoms with Crippen molar-refractivity contribution in [1.82, 2.24) is 25.1 Å². The van der Waals surface area contributed by atoms with E-state index in [4.69, 9.17) is 10.2 Å². The maximum Gasteiger partial charge on any atom is 0.257 e. The van der Waals surface area contributed by atoms with E-state index in [0.717, 1.165) is 5.56 Å². The van der Waals surface area contributed by atoms with E-state index in [0.29, 0.717) is 44.3 Å². The maximum absolute atomic E-state index is 14.2. The molecular formula is C32H24N6O3. The van der Waals surface area contributed by atoms with Crippen LogP contribution >= 0.6 is 0 Å². The summed E-state index contributed by atoms with van der Waals surface area (Å²) in [6.07, 6.45) is 6.62. The summed E-state index contributed by atoms with van der Waals surface area (Å²) < 4.78 is 8.04. The average Bonchev–Trinajstić information content (AvgIpc) is 3.40. The molecule has 6 rings (SSSR count). The van der Waals surface area contributed by atoms with Crippen LogP contribution in [0, 0.1) is 11.8 Å². The number of nitrogens with zero attached hydrogens (tertiary/aromatic N) is 4. The number of hydrogen-bond donors (Lipinski definition) is 2. The zero-order valence-corrected chi connectivity index (χ0v) is 22.3. The molecule has 0 radical (unpaired) electrons.